The van der Waals surface area contributed by atoms with Gasteiger partial charge in [0.2, 0.25) is 0 Å². The molecule has 3 N–H and O–H groups in total. The van der Waals surface area contributed by atoms with Crippen molar-refractivity contribution < 1.29 is 18.7 Å². The van der Waals surface area contributed by atoms with Gasteiger partial charge >= 0.3 is 0 Å². The van der Waals surface area contributed by atoms with Crippen molar-refractivity contribution in [2.45, 2.75) is 12.1 Å². The lowest BCUT2D eigenvalue weighted by molar-refractivity contribution is 0.0900. The molecule has 24 heavy (non-hydrogen) atoms. The van der Waals surface area contributed by atoms with Crippen LogP contribution in [0.3, 0.4) is 0 Å². The van der Waals surface area contributed by atoms with Crippen LogP contribution in [-0.4, -0.2) is 46.4 Å². The molecule has 0 spiro atoms. The Labute approximate surface area is 136 Å². The van der Waals surface area contributed by atoms with Crippen LogP contribution in [0, 0.1) is 5.82 Å². The maximum absolute atomic E-state index is 13.7. The molecule has 3 aromatic rings. The lowest BCUT2D eigenvalue weighted by Crippen LogP contribution is -2.45. The number of nitrogens with one attached hydrogen (secondary N) is 3. The molecule has 0 radical (unpaired) electrons. The number of H-pyrrole nitrogens is 2. The van der Waals surface area contributed by atoms with Crippen molar-refractivity contribution in [3.05, 3.63) is 48.2 Å². The number of hydrogen-bond acceptors (Lipinski definition) is 4. The van der Waals surface area contributed by atoms with Crippen molar-refractivity contribution in [2.75, 3.05) is 13.2 Å². The Kier molecular flexibility index (Phi) is 3.66. The van der Waals surface area contributed by atoms with Gasteiger partial charge in [-0.25, -0.2) is 4.39 Å². The zero-order valence-electron chi connectivity index (χ0n) is 12.6. The number of rotatable bonds is 4. The Hall–Kier alpha value is -2.87. The van der Waals surface area contributed by atoms with E-state index in [9.17, 15) is 9.18 Å². The van der Waals surface area contributed by atoms with Gasteiger partial charge in [-0.2, -0.15) is 5.10 Å². The Morgan fingerprint density at radius 2 is 2.33 bits per heavy atom. The van der Waals surface area contributed by atoms with Gasteiger partial charge in [-0.3, -0.25) is 9.89 Å². The number of aromatic amines is 2. The van der Waals surface area contributed by atoms with Gasteiger partial charge in [-0.1, -0.05) is 6.07 Å². The average Bonchev–Trinajstić information content (AvgIpc) is 3.29. The van der Waals surface area contributed by atoms with Gasteiger partial charge in [0.05, 0.1) is 31.6 Å². The second-order valence-corrected chi connectivity index (χ2v) is 5.59. The molecule has 0 aliphatic carbocycles. The van der Waals surface area contributed by atoms with Crippen molar-refractivity contribution >= 4 is 16.8 Å². The second-order valence-electron chi connectivity index (χ2n) is 5.59. The standard InChI is InChI=1S/C16H15FN4O3/c17-11-2-1-3-12-10(11)4-13(20-12)16(22)21-14-7-23-8-15(14)24-9-5-18-19-6-9/h1-6,14-15,20H,7-8H2,(H,18,19)(H,21,22)/t14-,15+/m0/s1. The molecule has 124 valence electrons. The molecule has 0 saturated carbocycles. The summed E-state index contributed by atoms with van der Waals surface area (Å²) < 4.78 is 24.9. The summed E-state index contributed by atoms with van der Waals surface area (Å²) >= 11 is 0. The number of halogens is 1. The molecule has 8 heteroatoms. The summed E-state index contributed by atoms with van der Waals surface area (Å²) in [4.78, 5) is 15.4. The van der Waals surface area contributed by atoms with E-state index in [-0.39, 0.29) is 23.9 Å². The topological polar surface area (TPSA) is 92.0 Å². The van der Waals surface area contributed by atoms with Gasteiger partial charge in [0, 0.05) is 10.9 Å². The van der Waals surface area contributed by atoms with Crippen molar-refractivity contribution in [3.8, 4) is 5.75 Å². The van der Waals surface area contributed by atoms with Gasteiger partial charge in [0.25, 0.3) is 5.91 Å². The van der Waals surface area contributed by atoms with Crippen molar-refractivity contribution in [1.29, 1.82) is 0 Å². The molecule has 0 bridgehead atoms. The van der Waals surface area contributed by atoms with Crippen LogP contribution in [0.15, 0.2) is 36.7 Å². The summed E-state index contributed by atoms with van der Waals surface area (Å²) in [5, 5.41) is 9.72. The third-order valence-electron chi connectivity index (χ3n) is 3.96. The number of nitrogens with zero attached hydrogens (tertiary/aromatic N) is 1. The SMILES string of the molecule is O=C(N[C@H]1COC[C@H]1Oc1cn[nH]c1)c1cc2c(F)cccc2[nH]1. The molecule has 1 aromatic carbocycles. The van der Waals surface area contributed by atoms with E-state index in [4.69, 9.17) is 9.47 Å². The number of benzene rings is 1. The smallest absolute Gasteiger partial charge is 0.268 e. The number of carbonyl (C=O) groups is 1. The number of hydrogen-bond donors (Lipinski definition) is 3. The molecule has 0 unspecified atom stereocenters. The summed E-state index contributed by atoms with van der Waals surface area (Å²) in [6.07, 6.45) is 2.86. The molecule has 4 rings (SSSR count). The second kappa shape index (κ2) is 5.97. The first-order valence-electron chi connectivity index (χ1n) is 7.52. The van der Waals surface area contributed by atoms with E-state index in [1.54, 1.807) is 24.5 Å². The highest BCUT2D eigenvalue weighted by Gasteiger charge is 2.32. The fourth-order valence-electron chi connectivity index (χ4n) is 2.75. The van der Waals surface area contributed by atoms with E-state index in [0.717, 1.165) is 0 Å². The average molecular weight is 330 g/mol. The van der Waals surface area contributed by atoms with Crippen molar-refractivity contribution in [3.63, 3.8) is 0 Å². The van der Waals surface area contributed by atoms with Crippen molar-refractivity contribution in [2.24, 2.45) is 0 Å². The molecule has 2 atom stereocenters. The fourth-order valence-corrected chi connectivity index (χ4v) is 2.75. The molecular weight excluding hydrogens is 315 g/mol. The highest BCUT2D eigenvalue weighted by Crippen LogP contribution is 2.20. The first-order chi connectivity index (χ1) is 11.7. The third kappa shape index (κ3) is 2.71. The van der Waals surface area contributed by atoms with E-state index in [0.29, 0.717) is 35.6 Å². The molecule has 1 amide bonds. The number of carbonyl (C=O) groups excluding carboxylic acids is 1. The quantitative estimate of drug-likeness (QED) is 0.678. The Morgan fingerprint density at radius 1 is 1.42 bits per heavy atom. The summed E-state index contributed by atoms with van der Waals surface area (Å²) in [5.74, 6) is -0.118. The Bertz CT molecular complexity index is 861. The summed E-state index contributed by atoms with van der Waals surface area (Å²) in [5.41, 5.74) is 0.873. The third-order valence-corrected chi connectivity index (χ3v) is 3.96. The fraction of sp³-hybridized carbons (Fsp3) is 0.250. The first-order valence-corrected chi connectivity index (χ1v) is 7.52. The minimum atomic E-state index is -0.367. The molecule has 1 aliphatic heterocycles. The van der Waals surface area contributed by atoms with Gasteiger partial charge in [-0.05, 0) is 18.2 Å². The highest BCUT2D eigenvalue weighted by molar-refractivity contribution is 5.98. The maximum atomic E-state index is 13.7. The minimum absolute atomic E-state index is 0.295. The summed E-state index contributed by atoms with van der Waals surface area (Å²) in [6.45, 7) is 0.723. The molecule has 2 aromatic heterocycles. The molecule has 7 nitrogen and oxygen atoms in total. The van der Waals surface area contributed by atoms with E-state index < -0.39 is 0 Å². The van der Waals surface area contributed by atoms with E-state index >= 15 is 0 Å². The Balaban J connectivity index is 1.48. The van der Waals surface area contributed by atoms with E-state index in [1.165, 1.54) is 12.1 Å². The zero-order valence-corrected chi connectivity index (χ0v) is 12.6. The van der Waals surface area contributed by atoms with Crippen LogP contribution in [0.2, 0.25) is 0 Å². The normalized spacial score (nSPS) is 20.4. The van der Waals surface area contributed by atoms with Crippen LogP contribution in [0.4, 0.5) is 4.39 Å². The van der Waals surface area contributed by atoms with Gasteiger partial charge in [0.1, 0.15) is 17.6 Å². The van der Waals surface area contributed by atoms with Crippen LogP contribution in [0.5, 0.6) is 5.75 Å². The number of amides is 1. The Morgan fingerprint density at radius 3 is 3.12 bits per heavy atom. The largest absolute Gasteiger partial charge is 0.482 e. The lowest BCUT2D eigenvalue weighted by Gasteiger charge is -2.19. The van der Waals surface area contributed by atoms with Crippen LogP contribution in [0.1, 0.15) is 10.5 Å². The number of aromatic nitrogens is 3. The molecule has 3 heterocycles. The lowest BCUT2D eigenvalue weighted by atomic mass is 10.2. The van der Waals surface area contributed by atoms with Gasteiger partial charge < -0.3 is 19.8 Å². The van der Waals surface area contributed by atoms with Gasteiger partial charge in [-0.15, -0.1) is 0 Å². The van der Waals surface area contributed by atoms with Gasteiger partial charge in [0.15, 0.2) is 5.75 Å². The van der Waals surface area contributed by atoms with Crippen LogP contribution in [-0.2, 0) is 4.74 Å². The first kappa shape index (κ1) is 14.7. The zero-order chi connectivity index (χ0) is 16.5. The molecule has 1 aliphatic rings. The number of fused-ring (bicyclic) bond motifs is 1. The van der Waals surface area contributed by atoms with Crippen LogP contribution in [0.25, 0.3) is 10.9 Å². The van der Waals surface area contributed by atoms with Crippen molar-refractivity contribution in [1.82, 2.24) is 20.5 Å². The monoisotopic (exact) mass is 330 g/mol. The predicted molar refractivity (Wildman–Crippen MR) is 83.3 cm³/mol. The molecule has 1 saturated heterocycles. The maximum Gasteiger partial charge on any atom is 0.268 e. The van der Waals surface area contributed by atoms with E-state index in [1.807, 2.05) is 0 Å². The molecular formula is C16H15FN4O3. The van der Waals surface area contributed by atoms with Crippen LogP contribution >= 0.6 is 0 Å². The summed E-state index contributed by atoms with van der Waals surface area (Å²) in [6, 6.07) is 5.87. The molecule has 1 fully saturated rings. The predicted octanol–water partition coefficient (Wildman–Crippen LogP) is 1.61. The summed E-state index contributed by atoms with van der Waals surface area (Å²) in [7, 11) is 0. The van der Waals surface area contributed by atoms with E-state index in [2.05, 4.69) is 20.5 Å². The highest BCUT2D eigenvalue weighted by atomic mass is 19.1. The van der Waals surface area contributed by atoms with Crippen LogP contribution < -0.4 is 10.1 Å². The number of ether oxygens (including phenoxy) is 2. The minimum Gasteiger partial charge on any atom is -0.482 e.